The van der Waals surface area contributed by atoms with E-state index in [1.54, 1.807) is 12.1 Å². The molecule has 0 aliphatic heterocycles. The van der Waals surface area contributed by atoms with Gasteiger partial charge in [-0.2, -0.15) is 9.78 Å². The van der Waals surface area contributed by atoms with E-state index in [0.717, 1.165) is 16.8 Å². The van der Waals surface area contributed by atoms with Gasteiger partial charge in [0.2, 0.25) is 0 Å². The SMILES string of the molecule is Cc1ccc(Cl)cc1-n1nc(C)c(CN)cc1=O. The molecule has 1 heterocycles. The van der Waals surface area contributed by atoms with Crippen LogP contribution in [0.5, 0.6) is 0 Å². The molecular weight excluding hydrogens is 250 g/mol. The minimum absolute atomic E-state index is 0.202. The molecule has 0 saturated heterocycles. The van der Waals surface area contributed by atoms with Crippen molar-refractivity contribution in [3.63, 3.8) is 0 Å². The van der Waals surface area contributed by atoms with Crippen LogP contribution in [-0.4, -0.2) is 9.78 Å². The molecule has 1 aromatic carbocycles. The van der Waals surface area contributed by atoms with Gasteiger partial charge in [0.15, 0.2) is 0 Å². The first-order chi connectivity index (χ1) is 8.52. The fraction of sp³-hybridized carbons (Fsp3) is 0.231. The Morgan fingerprint density at radius 3 is 2.72 bits per heavy atom. The molecule has 4 nitrogen and oxygen atoms in total. The first-order valence-electron chi connectivity index (χ1n) is 5.59. The zero-order valence-corrected chi connectivity index (χ0v) is 11.0. The molecule has 0 radical (unpaired) electrons. The third kappa shape index (κ3) is 2.30. The second-order valence-electron chi connectivity index (χ2n) is 4.14. The van der Waals surface area contributed by atoms with Crippen molar-refractivity contribution in [3.05, 3.63) is 56.5 Å². The summed E-state index contributed by atoms with van der Waals surface area (Å²) in [6.45, 7) is 4.05. The predicted molar refractivity (Wildman–Crippen MR) is 72.2 cm³/mol. The highest BCUT2D eigenvalue weighted by atomic mass is 35.5. The highest BCUT2D eigenvalue weighted by Crippen LogP contribution is 2.17. The number of hydrogen-bond acceptors (Lipinski definition) is 3. The molecule has 5 heteroatoms. The second kappa shape index (κ2) is 4.92. The van der Waals surface area contributed by atoms with Crippen LogP contribution in [0.25, 0.3) is 5.69 Å². The van der Waals surface area contributed by atoms with Gasteiger partial charge in [-0.1, -0.05) is 17.7 Å². The summed E-state index contributed by atoms with van der Waals surface area (Å²) in [6.07, 6.45) is 0. The minimum Gasteiger partial charge on any atom is -0.326 e. The predicted octanol–water partition coefficient (Wildman–Crippen LogP) is 1.96. The van der Waals surface area contributed by atoms with Crippen molar-refractivity contribution in [2.24, 2.45) is 5.73 Å². The fourth-order valence-electron chi connectivity index (χ4n) is 1.77. The van der Waals surface area contributed by atoms with E-state index in [9.17, 15) is 4.79 Å². The van der Waals surface area contributed by atoms with Crippen LogP contribution in [0.2, 0.25) is 5.02 Å². The first kappa shape index (κ1) is 12.8. The summed E-state index contributed by atoms with van der Waals surface area (Å²) in [5, 5.41) is 4.86. The summed E-state index contributed by atoms with van der Waals surface area (Å²) in [5.74, 6) is 0. The monoisotopic (exact) mass is 263 g/mol. The van der Waals surface area contributed by atoms with Crippen molar-refractivity contribution in [3.8, 4) is 5.69 Å². The van der Waals surface area contributed by atoms with Crippen molar-refractivity contribution in [1.29, 1.82) is 0 Å². The summed E-state index contributed by atoms with van der Waals surface area (Å²) < 4.78 is 1.36. The summed E-state index contributed by atoms with van der Waals surface area (Å²) in [4.78, 5) is 12.0. The average molecular weight is 264 g/mol. The van der Waals surface area contributed by atoms with E-state index in [1.807, 2.05) is 19.9 Å². The largest absolute Gasteiger partial charge is 0.326 e. The molecule has 0 bridgehead atoms. The summed E-state index contributed by atoms with van der Waals surface area (Å²) >= 11 is 5.95. The Kier molecular flexibility index (Phi) is 3.50. The maximum Gasteiger partial charge on any atom is 0.271 e. The van der Waals surface area contributed by atoms with Gasteiger partial charge in [0.05, 0.1) is 11.4 Å². The average Bonchev–Trinajstić information content (AvgIpc) is 2.35. The van der Waals surface area contributed by atoms with Crippen molar-refractivity contribution >= 4 is 11.6 Å². The summed E-state index contributed by atoms with van der Waals surface area (Å²) in [7, 11) is 0. The van der Waals surface area contributed by atoms with Crippen molar-refractivity contribution in [2.75, 3.05) is 0 Å². The number of benzene rings is 1. The Balaban J connectivity index is 2.68. The van der Waals surface area contributed by atoms with Crippen LogP contribution in [0, 0.1) is 13.8 Å². The molecule has 0 atom stereocenters. The maximum absolute atomic E-state index is 12.0. The van der Waals surface area contributed by atoms with E-state index in [0.29, 0.717) is 17.3 Å². The number of aromatic nitrogens is 2. The van der Waals surface area contributed by atoms with Crippen LogP contribution < -0.4 is 11.3 Å². The van der Waals surface area contributed by atoms with Crippen molar-refractivity contribution in [2.45, 2.75) is 20.4 Å². The van der Waals surface area contributed by atoms with E-state index in [1.165, 1.54) is 10.7 Å². The Bertz CT molecular complexity index is 649. The molecule has 94 valence electrons. The first-order valence-corrected chi connectivity index (χ1v) is 5.97. The zero-order valence-electron chi connectivity index (χ0n) is 10.3. The third-order valence-corrected chi connectivity index (χ3v) is 3.08. The number of hydrogen-bond donors (Lipinski definition) is 1. The van der Waals surface area contributed by atoms with Crippen molar-refractivity contribution < 1.29 is 0 Å². The highest BCUT2D eigenvalue weighted by Gasteiger charge is 2.08. The molecule has 18 heavy (non-hydrogen) atoms. The van der Waals surface area contributed by atoms with Gasteiger partial charge in [-0.05, 0) is 37.1 Å². The van der Waals surface area contributed by atoms with E-state index in [-0.39, 0.29) is 5.56 Å². The lowest BCUT2D eigenvalue weighted by molar-refractivity contribution is 0.763. The standard InChI is InChI=1S/C13H14ClN3O/c1-8-3-4-11(14)6-12(8)17-13(18)5-10(7-15)9(2)16-17/h3-6H,7,15H2,1-2H3. The number of aryl methyl sites for hydroxylation is 2. The summed E-state index contributed by atoms with van der Waals surface area (Å²) in [5.41, 5.74) is 8.49. The zero-order chi connectivity index (χ0) is 13.3. The Labute approximate surface area is 110 Å². The van der Waals surface area contributed by atoms with Crippen LogP contribution in [-0.2, 0) is 6.54 Å². The molecule has 0 amide bonds. The molecule has 2 N–H and O–H groups in total. The molecule has 0 saturated carbocycles. The summed E-state index contributed by atoms with van der Waals surface area (Å²) in [6, 6.07) is 6.89. The number of halogens is 1. The molecule has 2 aromatic rings. The van der Waals surface area contributed by atoms with E-state index >= 15 is 0 Å². The Morgan fingerprint density at radius 2 is 2.06 bits per heavy atom. The van der Waals surface area contributed by atoms with Gasteiger partial charge in [-0.25, -0.2) is 0 Å². The lowest BCUT2D eigenvalue weighted by Crippen LogP contribution is -2.24. The van der Waals surface area contributed by atoms with Gasteiger partial charge >= 0.3 is 0 Å². The molecule has 0 unspecified atom stereocenters. The molecule has 0 fully saturated rings. The molecular formula is C13H14ClN3O. The van der Waals surface area contributed by atoms with E-state index in [4.69, 9.17) is 17.3 Å². The van der Waals surface area contributed by atoms with Crippen LogP contribution in [0.15, 0.2) is 29.1 Å². The van der Waals surface area contributed by atoms with Gasteiger partial charge in [0.25, 0.3) is 5.56 Å². The fourth-order valence-corrected chi connectivity index (χ4v) is 1.93. The Morgan fingerprint density at radius 1 is 1.33 bits per heavy atom. The highest BCUT2D eigenvalue weighted by molar-refractivity contribution is 6.30. The lowest BCUT2D eigenvalue weighted by Gasteiger charge is -2.10. The van der Waals surface area contributed by atoms with Gasteiger partial charge in [-0.3, -0.25) is 4.79 Å². The molecule has 0 aliphatic carbocycles. The quantitative estimate of drug-likeness (QED) is 0.901. The van der Waals surface area contributed by atoms with Crippen LogP contribution in [0.4, 0.5) is 0 Å². The van der Waals surface area contributed by atoms with Crippen LogP contribution in [0.1, 0.15) is 16.8 Å². The second-order valence-corrected chi connectivity index (χ2v) is 4.58. The molecule has 2 rings (SSSR count). The van der Waals surface area contributed by atoms with Gasteiger partial charge < -0.3 is 5.73 Å². The van der Waals surface area contributed by atoms with E-state index in [2.05, 4.69) is 5.10 Å². The molecule has 0 spiro atoms. The van der Waals surface area contributed by atoms with Gasteiger partial charge in [-0.15, -0.1) is 0 Å². The smallest absolute Gasteiger partial charge is 0.271 e. The van der Waals surface area contributed by atoms with Crippen LogP contribution >= 0.6 is 11.6 Å². The molecule has 0 aliphatic rings. The normalized spacial score (nSPS) is 10.7. The van der Waals surface area contributed by atoms with Crippen molar-refractivity contribution in [1.82, 2.24) is 9.78 Å². The van der Waals surface area contributed by atoms with Gasteiger partial charge in [0, 0.05) is 17.6 Å². The number of nitrogens with two attached hydrogens (primary N) is 1. The number of rotatable bonds is 2. The maximum atomic E-state index is 12.0. The minimum atomic E-state index is -0.202. The van der Waals surface area contributed by atoms with Gasteiger partial charge in [0.1, 0.15) is 0 Å². The van der Waals surface area contributed by atoms with E-state index < -0.39 is 0 Å². The number of nitrogens with zero attached hydrogens (tertiary/aromatic N) is 2. The molecule has 1 aromatic heterocycles. The third-order valence-electron chi connectivity index (χ3n) is 2.84. The van der Waals surface area contributed by atoms with Crippen LogP contribution in [0.3, 0.4) is 0 Å². The topological polar surface area (TPSA) is 60.9 Å². The lowest BCUT2D eigenvalue weighted by atomic mass is 10.2. The Hall–Kier alpha value is -1.65.